The van der Waals surface area contributed by atoms with Gasteiger partial charge in [0.1, 0.15) is 0 Å². The van der Waals surface area contributed by atoms with Crippen molar-refractivity contribution in [3.05, 3.63) is 47.2 Å². The van der Waals surface area contributed by atoms with Gasteiger partial charge in [0.25, 0.3) is 0 Å². The summed E-state index contributed by atoms with van der Waals surface area (Å²) in [7, 11) is 0. The fraction of sp³-hybridized carbons (Fsp3) is 0.357. The lowest BCUT2D eigenvalue weighted by molar-refractivity contribution is 0.427. The van der Waals surface area contributed by atoms with Crippen molar-refractivity contribution in [2.45, 2.75) is 32.6 Å². The number of aromatic nitrogens is 1. The number of nitrogen functional groups attached to an aromatic ring is 1. The van der Waals surface area contributed by atoms with E-state index in [9.17, 15) is 0 Å². The van der Waals surface area contributed by atoms with E-state index in [2.05, 4.69) is 43.3 Å². The molecule has 0 amide bonds. The Morgan fingerprint density at radius 3 is 2.41 bits per heavy atom. The average Bonchev–Trinajstić information content (AvgIpc) is 2.73. The zero-order chi connectivity index (χ0) is 12.3. The number of rotatable bonds is 4. The molecule has 0 spiro atoms. The molecule has 0 aliphatic rings. The fourth-order valence-corrected chi connectivity index (χ4v) is 1.79. The van der Waals surface area contributed by atoms with Crippen LogP contribution in [0, 0.1) is 0 Å². The van der Waals surface area contributed by atoms with Crippen molar-refractivity contribution in [2.75, 3.05) is 5.73 Å². The Balaban J connectivity index is 1.95. The zero-order valence-corrected chi connectivity index (χ0v) is 10.3. The molecular weight excluding hydrogens is 212 g/mol. The van der Waals surface area contributed by atoms with Crippen LogP contribution in [0.2, 0.25) is 0 Å². The topological polar surface area (TPSA) is 52.0 Å². The van der Waals surface area contributed by atoms with Gasteiger partial charge in [-0.2, -0.15) is 0 Å². The number of anilines is 1. The number of hydrogen-bond acceptors (Lipinski definition) is 3. The van der Waals surface area contributed by atoms with E-state index < -0.39 is 0 Å². The largest absolute Gasteiger partial charge is 0.368 e. The first kappa shape index (κ1) is 11.7. The van der Waals surface area contributed by atoms with Crippen molar-refractivity contribution in [3.63, 3.8) is 0 Å². The molecule has 1 aromatic carbocycles. The molecule has 0 unspecified atom stereocenters. The molecule has 2 aromatic rings. The van der Waals surface area contributed by atoms with E-state index in [0.29, 0.717) is 11.8 Å². The third-order valence-electron chi connectivity index (χ3n) is 2.89. The molecule has 2 N–H and O–H groups in total. The second-order valence-electron chi connectivity index (χ2n) is 4.62. The number of nitrogens with zero attached hydrogens (tertiary/aromatic N) is 1. The van der Waals surface area contributed by atoms with Gasteiger partial charge in [0.15, 0.2) is 0 Å². The molecule has 0 bridgehead atoms. The van der Waals surface area contributed by atoms with Gasteiger partial charge in [-0.15, -0.1) is 0 Å². The van der Waals surface area contributed by atoms with E-state index in [4.69, 9.17) is 10.3 Å². The molecule has 0 atom stereocenters. The number of nitrogens with two attached hydrogens (primary N) is 1. The molecule has 0 fully saturated rings. The molecule has 90 valence electrons. The maximum atomic E-state index is 5.47. The minimum Gasteiger partial charge on any atom is -0.368 e. The molecule has 0 radical (unpaired) electrons. The summed E-state index contributed by atoms with van der Waals surface area (Å²) < 4.78 is 4.83. The van der Waals surface area contributed by atoms with Gasteiger partial charge in [-0.05, 0) is 29.9 Å². The van der Waals surface area contributed by atoms with E-state index in [1.165, 1.54) is 11.1 Å². The normalized spacial score (nSPS) is 11.0. The molecule has 3 heteroatoms. The van der Waals surface area contributed by atoms with Crippen molar-refractivity contribution in [3.8, 4) is 0 Å². The number of hydrogen-bond donors (Lipinski definition) is 1. The van der Waals surface area contributed by atoms with Crippen LogP contribution in [-0.4, -0.2) is 5.16 Å². The molecule has 0 saturated heterocycles. The molecule has 0 aliphatic heterocycles. The van der Waals surface area contributed by atoms with Gasteiger partial charge < -0.3 is 10.3 Å². The second kappa shape index (κ2) is 5.04. The maximum Gasteiger partial charge on any atom is 0.222 e. The first-order chi connectivity index (χ1) is 8.15. The highest BCUT2D eigenvalue weighted by atomic mass is 16.5. The van der Waals surface area contributed by atoms with E-state index in [-0.39, 0.29) is 0 Å². The van der Waals surface area contributed by atoms with Crippen LogP contribution in [-0.2, 0) is 12.8 Å². The lowest BCUT2D eigenvalue weighted by Crippen LogP contribution is -1.93. The van der Waals surface area contributed by atoms with E-state index >= 15 is 0 Å². The van der Waals surface area contributed by atoms with Crippen molar-refractivity contribution >= 4 is 5.88 Å². The van der Waals surface area contributed by atoms with Gasteiger partial charge in [-0.3, -0.25) is 0 Å². The van der Waals surface area contributed by atoms with Crippen molar-refractivity contribution in [2.24, 2.45) is 0 Å². The van der Waals surface area contributed by atoms with E-state index in [1.807, 2.05) is 0 Å². The van der Waals surface area contributed by atoms with Crippen LogP contribution in [0.1, 0.15) is 36.6 Å². The first-order valence-electron chi connectivity index (χ1n) is 5.95. The van der Waals surface area contributed by atoms with Gasteiger partial charge in [0, 0.05) is 6.07 Å². The van der Waals surface area contributed by atoms with E-state index in [0.717, 1.165) is 18.5 Å². The summed E-state index contributed by atoms with van der Waals surface area (Å²) in [6.07, 6.45) is 1.83. The molecule has 2 rings (SSSR count). The summed E-state index contributed by atoms with van der Waals surface area (Å²) in [5, 5.41) is 3.88. The maximum absolute atomic E-state index is 5.47. The Morgan fingerprint density at radius 1 is 1.18 bits per heavy atom. The van der Waals surface area contributed by atoms with Crippen LogP contribution >= 0.6 is 0 Å². The van der Waals surface area contributed by atoms with Gasteiger partial charge in [-0.25, -0.2) is 0 Å². The Labute approximate surface area is 102 Å². The van der Waals surface area contributed by atoms with Gasteiger partial charge in [-0.1, -0.05) is 43.3 Å². The minimum absolute atomic E-state index is 0.384. The lowest BCUT2D eigenvalue weighted by Gasteiger charge is -2.06. The second-order valence-corrected chi connectivity index (χ2v) is 4.62. The van der Waals surface area contributed by atoms with Crippen LogP contribution in [0.4, 0.5) is 5.88 Å². The molecule has 0 aliphatic carbocycles. The third-order valence-corrected chi connectivity index (χ3v) is 2.89. The number of aryl methyl sites for hydroxylation is 2. The van der Waals surface area contributed by atoms with Crippen LogP contribution in [0.3, 0.4) is 0 Å². The molecule has 0 saturated carbocycles. The highest BCUT2D eigenvalue weighted by Gasteiger charge is 2.02. The molecule has 3 nitrogen and oxygen atoms in total. The summed E-state index contributed by atoms with van der Waals surface area (Å²) in [5.74, 6) is 0.967. The van der Waals surface area contributed by atoms with Gasteiger partial charge in [0.2, 0.25) is 5.88 Å². The van der Waals surface area contributed by atoms with Crippen molar-refractivity contribution < 1.29 is 4.52 Å². The fourth-order valence-electron chi connectivity index (χ4n) is 1.79. The average molecular weight is 230 g/mol. The molecule has 1 aromatic heterocycles. The first-order valence-corrected chi connectivity index (χ1v) is 5.95. The standard InChI is InChI=1S/C14H18N2O/c1-10(2)12-6-3-11(4-7-12)5-8-13-9-14(15)17-16-13/h3-4,6-7,9-10H,5,8,15H2,1-2H3. The van der Waals surface area contributed by atoms with Crippen molar-refractivity contribution in [1.82, 2.24) is 5.16 Å². The van der Waals surface area contributed by atoms with Crippen LogP contribution in [0.25, 0.3) is 0 Å². The molecule has 17 heavy (non-hydrogen) atoms. The van der Waals surface area contributed by atoms with E-state index in [1.54, 1.807) is 6.07 Å². The Morgan fingerprint density at radius 2 is 1.88 bits per heavy atom. The quantitative estimate of drug-likeness (QED) is 0.877. The highest BCUT2D eigenvalue weighted by molar-refractivity contribution is 5.27. The van der Waals surface area contributed by atoms with Crippen LogP contribution < -0.4 is 5.73 Å². The number of benzene rings is 1. The Kier molecular flexibility index (Phi) is 3.47. The van der Waals surface area contributed by atoms with Gasteiger partial charge in [0.05, 0.1) is 5.69 Å². The summed E-state index contributed by atoms with van der Waals surface area (Å²) in [4.78, 5) is 0. The molecule has 1 heterocycles. The summed E-state index contributed by atoms with van der Waals surface area (Å²) in [6, 6.07) is 10.5. The highest BCUT2D eigenvalue weighted by Crippen LogP contribution is 2.16. The lowest BCUT2D eigenvalue weighted by atomic mass is 10.00. The molecular formula is C14H18N2O. The predicted molar refractivity (Wildman–Crippen MR) is 68.9 cm³/mol. The summed E-state index contributed by atoms with van der Waals surface area (Å²) in [5.41, 5.74) is 9.07. The Hall–Kier alpha value is -1.77. The van der Waals surface area contributed by atoms with Crippen molar-refractivity contribution in [1.29, 1.82) is 0 Å². The smallest absolute Gasteiger partial charge is 0.222 e. The third kappa shape index (κ3) is 3.09. The predicted octanol–water partition coefficient (Wildman–Crippen LogP) is 3.17. The SMILES string of the molecule is CC(C)c1ccc(CCc2cc(N)on2)cc1. The summed E-state index contributed by atoms with van der Waals surface area (Å²) >= 11 is 0. The van der Waals surface area contributed by atoms with Crippen LogP contribution in [0.5, 0.6) is 0 Å². The van der Waals surface area contributed by atoms with Gasteiger partial charge >= 0.3 is 0 Å². The Bertz CT molecular complexity index is 471. The van der Waals surface area contributed by atoms with Crippen LogP contribution in [0.15, 0.2) is 34.9 Å². The summed E-state index contributed by atoms with van der Waals surface area (Å²) in [6.45, 7) is 4.40. The zero-order valence-electron chi connectivity index (χ0n) is 10.3. The monoisotopic (exact) mass is 230 g/mol. The minimum atomic E-state index is 0.384.